The van der Waals surface area contributed by atoms with Gasteiger partial charge in [0.1, 0.15) is 11.6 Å². The maximum atomic E-state index is 13.1. The molecule has 0 aliphatic carbocycles. The maximum absolute atomic E-state index is 13.1. The first-order valence-electron chi connectivity index (χ1n) is 5.86. The Morgan fingerprint density at radius 1 is 1.33 bits per heavy atom. The topological polar surface area (TPSA) is 30.7 Å². The second kappa shape index (κ2) is 5.52. The van der Waals surface area contributed by atoms with Gasteiger partial charge in [0.2, 0.25) is 0 Å². The normalized spacial score (nSPS) is 11.2. The molecule has 0 N–H and O–H groups in total. The van der Waals surface area contributed by atoms with Crippen LogP contribution in [0.1, 0.15) is 31.3 Å². The van der Waals surface area contributed by atoms with Crippen LogP contribution in [0.3, 0.4) is 0 Å². The molecule has 0 aliphatic heterocycles. The van der Waals surface area contributed by atoms with Crippen LogP contribution in [0.4, 0.5) is 4.39 Å². The Balaban J connectivity index is 2.11. The zero-order valence-corrected chi connectivity index (χ0v) is 11.5. The Kier molecular flexibility index (Phi) is 4.01. The van der Waals surface area contributed by atoms with E-state index in [1.54, 1.807) is 23.9 Å². The fraction of sp³-hybridized carbons (Fsp3) is 0.385. The summed E-state index contributed by atoms with van der Waals surface area (Å²) in [5, 5.41) is 9.12. The minimum Gasteiger partial charge on any atom is -0.304 e. The molecular weight excluding hydrogens is 249 g/mol. The lowest BCUT2D eigenvalue weighted by Crippen LogP contribution is -2.04. The first kappa shape index (κ1) is 13.1. The molecule has 5 heteroatoms. The monoisotopic (exact) mass is 265 g/mol. The first-order chi connectivity index (χ1) is 8.58. The van der Waals surface area contributed by atoms with Crippen molar-refractivity contribution in [2.24, 2.45) is 0 Å². The highest BCUT2D eigenvalue weighted by Crippen LogP contribution is 2.24. The molecule has 2 rings (SSSR count). The van der Waals surface area contributed by atoms with Crippen molar-refractivity contribution in [2.45, 2.75) is 37.7 Å². The molecule has 0 bridgehead atoms. The van der Waals surface area contributed by atoms with Gasteiger partial charge in [0.05, 0.1) is 0 Å². The summed E-state index contributed by atoms with van der Waals surface area (Å²) < 4.78 is 15.1. The van der Waals surface area contributed by atoms with Crippen LogP contribution in [0.15, 0.2) is 29.4 Å². The van der Waals surface area contributed by atoms with E-state index in [1.807, 2.05) is 13.0 Å². The molecule has 0 saturated heterocycles. The van der Waals surface area contributed by atoms with Crippen molar-refractivity contribution < 1.29 is 4.39 Å². The number of benzene rings is 1. The van der Waals surface area contributed by atoms with Crippen molar-refractivity contribution in [3.05, 3.63) is 41.5 Å². The fourth-order valence-corrected chi connectivity index (χ4v) is 2.87. The van der Waals surface area contributed by atoms with Gasteiger partial charge >= 0.3 is 0 Å². The minimum atomic E-state index is -0.199. The molecule has 2 aromatic rings. The zero-order valence-electron chi connectivity index (χ0n) is 10.7. The van der Waals surface area contributed by atoms with Crippen molar-refractivity contribution in [1.29, 1.82) is 0 Å². The standard InChI is InChI=1S/C13H16FN3S/c1-9(2)17-10(3)15-16-13(17)18-8-11-5-4-6-12(14)7-11/h4-7,9H,8H2,1-3H3. The van der Waals surface area contributed by atoms with Gasteiger partial charge in [-0.15, -0.1) is 10.2 Å². The van der Waals surface area contributed by atoms with E-state index in [4.69, 9.17) is 0 Å². The molecule has 96 valence electrons. The third-order valence-electron chi connectivity index (χ3n) is 2.61. The molecule has 3 nitrogen and oxygen atoms in total. The average Bonchev–Trinajstić information content (AvgIpc) is 2.68. The van der Waals surface area contributed by atoms with Gasteiger partial charge in [-0.2, -0.15) is 0 Å². The molecule has 0 amide bonds. The predicted octanol–water partition coefficient (Wildman–Crippen LogP) is 3.60. The number of nitrogens with zero attached hydrogens (tertiary/aromatic N) is 3. The van der Waals surface area contributed by atoms with Gasteiger partial charge in [-0.05, 0) is 38.5 Å². The van der Waals surface area contributed by atoms with Gasteiger partial charge < -0.3 is 4.57 Å². The quantitative estimate of drug-likeness (QED) is 0.791. The predicted molar refractivity (Wildman–Crippen MR) is 71.1 cm³/mol. The molecule has 0 saturated carbocycles. The Morgan fingerprint density at radius 3 is 2.78 bits per heavy atom. The molecule has 1 heterocycles. The van der Waals surface area contributed by atoms with Gasteiger partial charge in [-0.1, -0.05) is 23.9 Å². The highest BCUT2D eigenvalue weighted by atomic mass is 32.2. The SMILES string of the molecule is Cc1nnc(SCc2cccc(F)c2)n1C(C)C. The second-order valence-electron chi connectivity index (χ2n) is 4.41. The number of aryl methyl sites for hydroxylation is 1. The highest BCUT2D eigenvalue weighted by Gasteiger charge is 2.12. The molecule has 0 fully saturated rings. The lowest BCUT2D eigenvalue weighted by molar-refractivity contribution is 0.536. The van der Waals surface area contributed by atoms with Crippen LogP contribution < -0.4 is 0 Å². The van der Waals surface area contributed by atoms with E-state index < -0.39 is 0 Å². The van der Waals surface area contributed by atoms with Gasteiger partial charge in [-0.25, -0.2) is 4.39 Å². The molecular formula is C13H16FN3S. The Bertz CT molecular complexity index is 537. The zero-order chi connectivity index (χ0) is 13.1. The van der Waals surface area contributed by atoms with Gasteiger partial charge in [-0.3, -0.25) is 0 Å². The van der Waals surface area contributed by atoms with Crippen LogP contribution >= 0.6 is 11.8 Å². The second-order valence-corrected chi connectivity index (χ2v) is 5.35. The lowest BCUT2D eigenvalue weighted by Gasteiger charge is -2.11. The van der Waals surface area contributed by atoms with Crippen LogP contribution in [-0.2, 0) is 5.75 Å². The highest BCUT2D eigenvalue weighted by molar-refractivity contribution is 7.98. The van der Waals surface area contributed by atoms with E-state index >= 15 is 0 Å². The Hall–Kier alpha value is -1.36. The van der Waals surface area contributed by atoms with Gasteiger partial charge in [0.15, 0.2) is 5.16 Å². The number of hydrogen-bond acceptors (Lipinski definition) is 3. The summed E-state index contributed by atoms with van der Waals surface area (Å²) in [6.45, 7) is 6.14. The summed E-state index contributed by atoms with van der Waals surface area (Å²) in [4.78, 5) is 0. The van der Waals surface area contributed by atoms with E-state index in [0.717, 1.165) is 16.5 Å². The molecule has 1 aromatic carbocycles. The summed E-state index contributed by atoms with van der Waals surface area (Å²) >= 11 is 1.58. The van der Waals surface area contributed by atoms with Crippen LogP contribution in [0.25, 0.3) is 0 Å². The summed E-state index contributed by atoms with van der Waals surface area (Å²) in [6, 6.07) is 6.98. The van der Waals surface area contributed by atoms with Crippen molar-refractivity contribution in [1.82, 2.24) is 14.8 Å². The molecule has 0 radical (unpaired) electrons. The minimum absolute atomic E-state index is 0.199. The van der Waals surface area contributed by atoms with Crippen LogP contribution in [0.2, 0.25) is 0 Å². The van der Waals surface area contributed by atoms with E-state index in [0.29, 0.717) is 11.8 Å². The number of hydrogen-bond donors (Lipinski definition) is 0. The third kappa shape index (κ3) is 2.90. The van der Waals surface area contributed by atoms with E-state index in [9.17, 15) is 4.39 Å². The number of halogens is 1. The molecule has 0 unspecified atom stereocenters. The van der Waals surface area contributed by atoms with Crippen LogP contribution in [0.5, 0.6) is 0 Å². The van der Waals surface area contributed by atoms with Crippen LogP contribution in [0, 0.1) is 12.7 Å². The lowest BCUT2D eigenvalue weighted by atomic mass is 10.2. The van der Waals surface area contributed by atoms with E-state index in [1.165, 1.54) is 6.07 Å². The van der Waals surface area contributed by atoms with E-state index in [-0.39, 0.29) is 5.82 Å². The number of rotatable bonds is 4. The number of aromatic nitrogens is 3. The smallest absolute Gasteiger partial charge is 0.191 e. The average molecular weight is 265 g/mol. The van der Waals surface area contributed by atoms with E-state index in [2.05, 4.69) is 28.6 Å². The summed E-state index contributed by atoms with van der Waals surface area (Å²) in [6.07, 6.45) is 0. The van der Waals surface area contributed by atoms with Crippen LogP contribution in [-0.4, -0.2) is 14.8 Å². The molecule has 0 spiro atoms. The Labute approximate surface area is 110 Å². The van der Waals surface area contributed by atoms with Crippen molar-refractivity contribution in [2.75, 3.05) is 0 Å². The third-order valence-corrected chi connectivity index (χ3v) is 3.62. The van der Waals surface area contributed by atoms with Gasteiger partial charge in [0, 0.05) is 11.8 Å². The molecule has 1 aromatic heterocycles. The molecule has 18 heavy (non-hydrogen) atoms. The summed E-state index contributed by atoms with van der Waals surface area (Å²) in [5.74, 6) is 1.41. The van der Waals surface area contributed by atoms with Crippen molar-refractivity contribution in [3.63, 3.8) is 0 Å². The summed E-state index contributed by atoms with van der Waals surface area (Å²) in [5.41, 5.74) is 0.955. The number of thioether (sulfide) groups is 1. The van der Waals surface area contributed by atoms with Crippen molar-refractivity contribution >= 4 is 11.8 Å². The largest absolute Gasteiger partial charge is 0.304 e. The fourth-order valence-electron chi connectivity index (χ4n) is 1.82. The van der Waals surface area contributed by atoms with Crippen molar-refractivity contribution in [3.8, 4) is 0 Å². The Morgan fingerprint density at radius 2 is 2.11 bits per heavy atom. The molecule has 0 atom stereocenters. The summed E-state index contributed by atoms with van der Waals surface area (Å²) in [7, 11) is 0. The van der Waals surface area contributed by atoms with Gasteiger partial charge in [0.25, 0.3) is 0 Å². The first-order valence-corrected chi connectivity index (χ1v) is 6.85. The maximum Gasteiger partial charge on any atom is 0.191 e. The molecule has 0 aliphatic rings.